The van der Waals surface area contributed by atoms with E-state index in [0.29, 0.717) is 42.6 Å². The van der Waals surface area contributed by atoms with Crippen molar-refractivity contribution in [3.63, 3.8) is 0 Å². The molecule has 9 heteroatoms. The number of hydrogen-bond acceptors (Lipinski definition) is 5. The van der Waals surface area contributed by atoms with E-state index < -0.39 is 0 Å². The van der Waals surface area contributed by atoms with Crippen LogP contribution >= 0.6 is 11.6 Å². The van der Waals surface area contributed by atoms with Gasteiger partial charge in [-0.15, -0.1) is 0 Å². The molecule has 0 radical (unpaired) electrons. The quantitative estimate of drug-likeness (QED) is 0.679. The van der Waals surface area contributed by atoms with Crippen molar-refractivity contribution >= 4 is 29.1 Å². The predicted molar refractivity (Wildman–Crippen MR) is 117 cm³/mol. The normalized spacial score (nSPS) is 16.8. The number of nitrogens with two attached hydrogens (primary N) is 1. The molecule has 1 aliphatic rings. The smallest absolute Gasteiger partial charge is 0.260 e. The molecule has 3 rings (SSSR count). The molecule has 0 aliphatic carbocycles. The summed E-state index contributed by atoms with van der Waals surface area (Å²) in [7, 11) is 0. The first-order chi connectivity index (χ1) is 14.9. The highest BCUT2D eigenvalue weighted by atomic mass is 35.5. The number of benzene rings is 2. The van der Waals surface area contributed by atoms with Crippen LogP contribution in [0, 0.1) is 5.82 Å². The highest BCUT2D eigenvalue weighted by molar-refractivity contribution is 6.31. The first kappa shape index (κ1) is 23.0. The van der Waals surface area contributed by atoms with Gasteiger partial charge in [-0.1, -0.05) is 23.7 Å². The second-order valence-electron chi connectivity index (χ2n) is 7.48. The van der Waals surface area contributed by atoms with E-state index in [9.17, 15) is 14.0 Å². The molecule has 1 heterocycles. The second-order valence-corrected chi connectivity index (χ2v) is 7.92. The number of carbonyl (C=O) groups is 2. The summed E-state index contributed by atoms with van der Waals surface area (Å²) in [5.41, 5.74) is 6.74. The largest absolute Gasteiger partial charge is 0.482 e. The number of anilines is 1. The van der Waals surface area contributed by atoms with Crippen molar-refractivity contribution in [3.05, 3.63) is 58.9 Å². The summed E-state index contributed by atoms with van der Waals surface area (Å²) < 4.78 is 18.8. The van der Waals surface area contributed by atoms with Crippen LogP contribution in [0.15, 0.2) is 42.5 Å². The van der Waals surface area contributed by atoms with E-state index in [-0.39, 0.29) is 36.8 Å². The highest BCUT2D eigenvalue weighted by Gasteiger charge is 2.27. The van der Waals surface area contributed by atoms with Gasteiger partial charge in [0, 0.05) is 37.2 Å². The van der Waals surface area contributed by atoms with E-state index in [1.165, 1.54) is 12.1 Å². The van der Waals surface area contributed by atoms with Gasteiger partial charge in [0.1, 0.15) is 11.6 Å². The maximum absolute atomic E-state index is 13.1. The fraction of sp³-hybridized carbons (Fsp3) is 0.364. The Morgan fingerprint density at radius 1 is 1.23 bits per heavy atom. The topological polar surface area (TPSA) is 87.9 Å². The first-order valence-electron chi connectivity index (χ1n) is 10.0. The zero-order valence-electron chi connectivity index (χ0n) is 17.3. The molecule has 0 bridgehead atoms. The fourth-order valence-electron chi connectivity index (χ4n) is 3.54. The highest BCUT2D eigenvalue weighted by Crippen LogP contribution is 2.28. The molecule has 1 atom stereocenters. The van der Waals surface area contributed by atoms with Crippen molar-refractivity contribution in [2.24, 2.45) is 5.73 Å². The van der Waals surface area contributed by atoms with Crippen molar-refractivity contribution in [3.8, 4) is 5.75 Å². The second kappa shape index (κ2) is 10.6. The van der Waals surface area contributed by atoms with Gasteiger partial charge in [-0.2, -0.15) is 0 Å². The summed E-state index contributed by atoms with van der Waals surface area (Å²) in [6, 6.07) is 11.2. The zero-order valence-corrected chi connectivity index (χ0v) is 18.1. The van der Waals surface area contributed by atoms with E-state index in [2.05, 4.69) is 10.2 Å². The van der Waals surface area contributed by atoms with Gasteiger partial charge in [0.15, 0.2) is 6.61 Å². The van der Waals surface area contributed by atoms with Crippen LogP contribution in [0.3, 0.4) is 0 Å². The van der Waals surface area contributed by atoms with Crippen LogP contribution in [0.5, 0.6) is 5.75 Å². The molecule has 1 saturated heterocycles. The van der Waals surface area contributed by atoms with Gasteiger partial charge in [-0.25, -0.2) is 4.39 Å². The van der Waals surface area contributed by atoms with E-state index in [1.54, 1.807) is 35.2 Å². The molecule has 0 saturated carbocycles. The summed E-state index contributed by atoms with van der Waals surface area (Å²) in [6.45, 7) is 4.36. The fourth-order valence-corrected chi connectivity index (χ4v) is 3.72. The van der Waals surface area contributed by atoms with Crippen LogP contribution in [-0.4, -0.2) is 60.4 Å². The van der Waals surface area contributed by atoms with Gasteiger partial charge >= 0.3 is 0 Å². The summed E-state index contributed by atoms with van der Waals surface area (Å²) in [4.78, 5) is 28.4. The molecule has 3 N–H and O–H groups in total. The third-order valence-electron chi connectivity index (χ3n) is 5.10. The lowest BCUT2D eigenvalue weighted by Gasteiger charge is -2.39. The Labute approximate surface area is 185 Å². The van der Waals surface area contributed by atoms with E-state index in [1.807, 2.05) is 6.92 Å². The monoisotopic (exact) mass is 448 g/mol. The summed E-state index contributed by atoms with van der Waals surface area (Å²) >= 11 is 5.99. The average Bonchev–Trinajstić information content (AvgIpc) is 2.74. The molecule has 166 valence electrons. The molecule has 0 aromatic heterocycles. The predicted octanol–water partition coefficient (Wildman–Crippen LogP) is 2.49. The lowest BCUT2D eigenvalue weighted by Crippen LogP contribution is -2.54. The third-order valence-corrected chi connectivity index (χ3v) is 5.34. The Hall–Kier alpha value is -2.68. The van der Waals surface area contributed by atoms with Gasteiger partial charge in [0.2, 0.25) is 5.91 Å². The van der Waals surface area contributed by atoms with Gasteiger partial charge in [-0.3, -0.25) is 14.5 Å². The molecule has 0 spiro atoms. The standard InChI is InChI=1S/C22H26ClFN4O3/c1-15-12-27(13-16-2-5-18(24)6-3-16)8-9-28(15)22(30)14-31-20-7-4-17(23)10-19(20)26-21(29)11-25/h2-7,10,15H,8-9,11-14,25H2,1H3,(H,26,29)/t15-/m1/s1. The number of rotatable bonds is 7. The Morgan fingerprint density at radius 3 is 2.65 bits per heavy atom. The molecule has 7 nitrogen and oxygen atoms in total. The minimum atomic E-state index is -0.385. The van der Waals surface area contributed by atoms with Crippen LogP contribution in [-0.2, 0) is 16.1 Å². The number of hydrogen-bond donors (Lipinski definition) is 2. The minimum Gasteiger partial charge on any atom is -0.482 e. The van der Waals surface area contributed by atoms with Crippen LogP contribution in [0.2, 0.25) is 5.02 Å². The number of halogens is 2. The molecule has 2 aromatic carbocycles. The lowest BCUT2D eigenvalue weighted by molar-refractivity contribution is -0.138. The number of amides is 2. The number of nitrogens with zero attached hydrogens (tertiary/aromatic N) is 2. The number of ether oxygens (including phenoxy) is 1. The maximum Gasteiger partial charge on any atom is 0.260 e. The lowest BCUT2D eigenvalue weighted by atomic mass is 10.1. The molecule has 2 aromatic rings. The summed E-state index contributed by atoms with van der Waals surface area (Å²) in [5.74, 6) is -0.426. The Kier molecular flexibility index (Phi) is 7.84. The van der Waals surface area contributed by atoms with Crippen LogP contribution in [0.25, 0.3) is 0 Å². The van der Waals surface area contributed by atoms with Gasteiger partial charge < -0.3 is 20.7 Å². The number of nitrogens with one attached hydrogen (secondary N) is 1. The first-order valence-corrected chi connectivity index (χ1v) is 10.4. The Morgan fingerprint density at radius 2 is 1.97 bits per heavy atom. The van der Waals surface area contributed by atoms with Gasteiger partial charge in [0.05, 0.1) is 12.2 Å². The van der Waals surface area contributed by atoms with E-state index in [4.69, 9.17) is 22.1 Å². The molecule has 0 unspecified atom stereocenters. The minimum absolute atomic E-state index is 0.00642. The van der Waals surface area contributed by atoms with Gasteiger partial charge in [0.25, 0.3) is 5.91 Å². The number of piperazine rings is 1. The summed E-state index contributed by atoms with van der Waals surface area (Å²) in [6.07, 6.45) is 0. The zero-order chi connectivity index (χ0) is 22.4. The van der Waals surface area contributed by atoms with Crippen molar-refractivity contribution in [2.45, 2.75) is 19.5 Å². The third kappa shape index (κ3) is 6.40. The van der Waals surface area contributed by atoms with Crippen molar-refractivity contribution in [1.82, 2.24) is 9.80 Å². The SMILES string of the molecule is C[C@@H]1CN(Cc2ccc(F)cc2)CCN1C(=O)COc1ccc(Cl)cc1NC(=O)CN. The molecule has 2 amide bonds. The van der Waals surface area contributed by atoms with Gasteiger partial charge in [-0.05, 0) is 42.8 Å². The summed E-state index contributed by atoms with van der Waals surface area (Å²) in [5, 5.41) is 3.04. The molecule has 1 fully saturated rings. The average molecular weight is 449 g/mol. The molecular formula is C22H26ClFN4O3. The van der Waals surface area contributed by atoms with Crippen LogP contribution < -0.4 is 15.8 Å². The van der Waals surface area contributed by atoms with Crippen LogP contribution in [0.4, 0.5) is 10.1 Å². The van der Waals surface area contributed by atoms with Crippen LogP contribution in [0.1, 0.15) is 12.5 Å². The molecule has 31 heavy (non-hydrogen) atoms. The molecular weight excluding hydrogens is 423 g/mol. The van der Waals surface area contributed by atoms with Crippen molar-refractivity contribution in [1.29, 1.82) is 0 Å². The molecule has 1 aliphatic heterocycles. The maximum atomic E-state index is 13.1. The van der Waals surface area contributed by atoms with E-state index in [0.717, 1.165) is 5.56 Å². The van der Waals surface area contributed by atoms with Crippen molar-refractivity contribution in [2.75, 3.05) is 38.1 Å². The Bertz CT molecular complexity index is 925. The number of carbonyl (C=O) groups excluding carboxylic acids is 2. The van der Waals surface area contributed by atoms with Crippen molar-refractivity contribution < 1.29 is 18.7 Å². The Balaban J connectivity index is 1.54. The van der Waals surface area contributed by atoms with E-state index >= 15 is 0 Å².